The van der Waals surface area contributed by atoms with E-state index in [1.54, 1.807) is 37.3 Å². The summed E-state index contributed by atoms with van der Waals surface area (Å²) in [4.78, 5) is 0. The topological polar surface area (TPSA) is 20.2 Å². The Morgan fingerprint density at radius 3 is 2.68 bits per heavy atom. The molecule has 2 aromatic rings. The second-order valence-corrected chi connectivity index (χ2v) is 5.99. The Hall–Kier alpha value is -0.900. The van der Waals surface area contributed by atoms with Crippen molar-refractivity contribution in [2.24, 2.45) is 0 Å². The van der Waals surface area contributed by atoms with Gasteiger partial charge in [-0.15, -0.1) is 0 Å². The molecule has 0 saturated heterocycles. The molecule has 1 atom stereocenters. The summed E-state index contributed by atoms with van der Waals surface area (Å²) >= 11 is 9.30. The summed E-state index contributed by atoms with van der Waals surface area (Å²) in [7, 11) is 0. The van der Waals surface area contributed by atoms with Gasteiger partial charge in [0.1, 0.15) is 5.82 Å². The highest BCUT2D eigenvalue weighted by molar-refractivity contribution is 9.10. The molecule has 0 aliphatic heterocycles. The van der Waals surface area contributed by atoms with E-state index in [2.05, 4.69) is 15.9 Å². The number of hydrogen-bond acceptors (Lipinski definition) is 1. The van der Waals surface area contributed by atoms with Crippen molar-refractivity contribution in [2.45, 2.75) is 18.9 Å². The first kappa shape index (κ1) is 14.5. The summed E-state index contributed by atoms with van der Waals surface area (Å²) in [6.07, 6.45) is 0.297. The molecule has 0 radical (unpaired) electrons. The second kappa shape index (κ2) is 5.61. The third-order valence-corrected chi connectivity index (χ3v) is 4.00. The summed E-state index contributed by atoms with van der Waals surface area (Å²) in [6, 6.07) is 11.5. The van der Waals surface area contributed by atoms with Crippen molar-refractivity contribution in [1.82, 2.24) is 0 Å². The first-order chi connectivity index (χ1) is 8.88. The van der Waals surface area contributed by atoms with Crippen LogP contribution in [-0.2, 0) is 12.0 Å². The molecule has 0 saturated carbocycles. The van der Waals surface area contributed by atoms with E-state index in [1.807, 2.05) is 0 Å². The van der Waals surface area contributed by atoms with Gasteiger partial charge >= 0.3 is 0 Å². The summed E-state index contributed by atoms with van der Waals surface area (Å²) in [5, 5.41) is 11.1. The first-order valence-corrected chi connectivity index (χ1v) is 6.98. The van der Waals surface area contributed by atoms with Crippen LogP contribution in [-0.4, -0.2) is 5.11 Å². The maximum Gasteiger partial charge on any atom is 0.123 e. The van der Waals surface area contributed by atoms with E-state index in [9.17, 15) is 9.50 Å². The molecule has 19 heavy (non-hydrogen) atoms. The van der Waals surface area contributed by atoms with Gasteiger partial charge in [-0.05, 0) is 48.4 Å². The maximum absolute atomic E-state index is 13.3. The lowest BCUT2D eigenvalue weighted by atomic mass is 9.89. The molecule has 0 heterocycles. The van der Waals surface area contributed by atoms with Crippen LogP contribution < -0.4 is 0 Å². The van der Waals surface area contributed by atoms with Crippen LogP contribution in [0.2, 0.25) is 5.02 Å². The van der Waals surface area contributed by atoms with Crippen LogP contribution in [0.1, 0.15) is 18.1 Å². The Balaban J connectivity index is 2.33. The van der Waals surface area contributed by atoms with E-state index >= 15 is 0 Å². The molecule has 1 N–H and O–H groups in total. The highest BCUT2D eigenvalue weighted by atomic mass is 79.9. The molecular formula is C15H13BrClFO. The molecule has 0 amide bonds. The van der Waals surface area contributed by atoms with Gasteiger partial charge in [0.25, 0.3) is 0 Å². The quantitative estimate of drug-likeness (QED) is 0.857. The number of aliphatic hydroxyl groups is 1. The van der Waals surface area contributed by atoms with Crippen LogP contribution in [0.5, 0.6) is 0 Å². The van der Waals surface area contributed by atoms with Crippen molar-refractivity contribution in [3.63, 3.8) is 0 Å². The minimum Gasteiger partial charge on any atom is -0.385 e. The average molecular weight is 344 g/mol. The highest BCUT2D eigenvalue weighted by Gasteiger charge is 2.25. The van der Waals surface area contributed by atoms with Gasteiger partial charge in [-0.1, -0.05) is 39.7 Å². The maximum atomic E-state index is 13.3. The lowest BCUT2D eigenvalue weighted by Crippen LogP contribution is -2.24. The third kappa shape index (κ3) is 3.56. The van der Waals surface area contributed by atoms with Crippen LogP contribution in [0.3, 0.4) is 0 Å². The molecule has 100 valence electrons. The van der Waals surface area contributed by atoms with Gasteiger partial charge in [-0.3, -0.25) is 0 Å². The number of benzene rings is 2. The van der Waals surface area contributed by atoms with Gasteiger partial charge in [0.2, 0.25) is 0 Å². The molecule has 1 unspecified atom stereocenters. The zero-order valence-electron chi connectivity index (χ0n) is 10.3. The average Bonchev–Trinajstić information content (AvgIpc) is 2.33. The lowest BCUT2D eigenvalue weighted by Gasteiger charge is -2.24. The van der Waals surface area contributed by atoms with E-state index in [4.69, 9.17) is 11.6 Å². The van der Waals surface area contributed by atoms with Crippen LogP contribution in [0.4, 0.5) is 4.39 Å². The first-order valence-electron chi connectivity index (χ1n) is 5.81. The molecule has 0 aromatic heterocycles. The molecule has 1 nitrogen and oxygen atoms in total. The van der Waals surface area contributed by atoms with Gasteiger partial charge in [-0.2, -0.15) is 0 Å². The van der Waals surface area contributed by atoms with Crippen LogP contribution >= 0.6 is 27.5 Å². The Kier molecular flexibility index (Phi) is 4.29. The van der Waals surface area contributed by atoms with Crippen molar-refractivity contribution in [1.29, 1.82) is 0 Å². The van der Waals surface area contributed by atoms with Gasteiger partial charge < -0.3 is 5.11 Å². The van der Waals surface area contributed by atoms with Crippen molar-refractivity contribution >= 4 is 27.5 Å². The van der Waals surface area contributed by atoms with Crippen molar-refractivity contribution in [3.05, 3.63) is 68.9 Å². The largest absolute Gasteiger partial charge is 0.385 e. The highest BCUT2D eigenvalue weighted by Crippen LogP contribution is 2.30. The van der Waals surface area contributed by atoms with Gasteiger partial charge in [-0.25, -0.2) is 4.39 Å². The molecule has 2 aromatic carbocycles. The van der Waals surface area contributed by atoms with Crippen LogP contribution in [0.15, 0.2) is 46.9 Å². The van der Waals surface area contributed by atoms with Gasteiger partial charge in [0.15, 0.2) is 0 Å². The minimum absolute atomic E-state index is 0.297. The molecule has 2 rings (SSSR count). The lowest BCUT2D eigenvalue weighted by molar-refractivity contribution is 0.0574. The second-order valence-electron chi connectivity index (χ2n) is 4.70. The molecule has 0 fully saturated rings. The SMILES string of the molecule is CC(O)(Cc1cc(F)ccc1Br)c1cccc(Cl)c1. The van der Waals surface area contributed by atoms with Gasteiger partial charge in [0, 0.05) is 15.9 Å². The van der Waals surface area contributed by atoms with E-state index in [0.29, 0.717) is 22.6 Å². The fraction of sp³-hybridized carbons (Fsp3) is 0.200. The van der Waals surface area contributed by atoms with Crippen molar-refractivity contribution in [2.75, 3.05) is 0 Å². The Bertz CT molecular complexity index is 598. The summed E-state index contributed by atoms with van der Waals surface area (Å²) in [5.74, 6) is -0.319. The van der Waals surface area contributed by atoms with E-state index in [0.717, 1.165) is 4.47 Å². The summed E-state index contributed by atoms with van der Waals surface area (Å²) in [6.45, 7) is 1.69. The van der Waals surface area contributed by atoms with Crippen LogP contribution in [0, 0.1) is 5.82 Å². The normalized spacial score (nSPS) is 14.2. The molecular weight excluding hydrogens is 331 g/mol. The van der Waals surface area contributed by atoms with E-state index < -0.39 is 5.60 Å². The minimum atomic E-state index is -1.11. The zero-order valence-corrected chi connectivity index (χ0v) is 12.7. The molecule has 0 aliphatic carbocycles. The third-order valence-electron chi connectivity index (χ3n) is 2.99. The Labute approximate surface area is 125 Å². The predicted octanol–water partition coefficient (Wildman–Crippen LogP) is 4.69. The standard InChI is InChI=1S/C15H13BrClFO/c1-15(19,11-3-2-4-12(17)8-11)9-10-7-13(18)5-6-14(10)16/h2-8,19H,9H2,1H3. The monoisotopic (exact) mass is 342 g/mol. The molecule has 0 bridgehead atoms. The number of hydrogen-bond donors (Lipinski definition) is 1. The summed E-state index contributed by atoms with van der Waals surface area (Å²) < 4.78 is 14.0. The summed E-state index contributed by atoms with van der Waals surface area (Å²) in [5.41, 5.74) is 0.308. The fourth-order valence-corrected chi connectivity index (χ4v) is 2.55. The predicted molar refractivity (Wildman–Crippen MR) is 78.8 cm³/mol. The molecule has 0 spiro atoms. The number of rotatable bonds is 3. The Morgan fingerprint density at radius 2 is 2.00 bits per heavy atom. The van der Waals surface area contributed by atoms with Gasteiger partial charge in [0.05, 0.1) is 5.60 Å². The molecule has 4 heteroatoms. The van der Waals surface area contributed by atoms with Crippen LogP contribution in [0.25, 0.3) is 0 Å². The van der Waals surface area contributed by atoms with E-state index in [1.165, 1.54) is 12.1 Å². The van der Waals surface area contributed by atoms with Crippen molar-refractivity contribution < 1.29 is 9.50 Å². The zero-order chi connectivity index (χ0) is 14.0. The molecule has 0 aliphatic rings. The van der Waals surface area contributed by atoms with Crippen molar-refractivity contribution in [3.8, 4) is 0 Å². The number of halogens is 3. The smallest absolute Gasteiger partial charge is 0.123 e. The Morgan fingerprint density at radius 1 is 1.26 bits per heavy atom. The fourth-order valence-electron chi connectivity index (χ4n) is 1.98. The van der Waals surface area contributed by atoms with E-state index in [-0.39, 0.29) is 5.82 Å².